The van der Waals surface area contributed by atoms with E-state index in [1.54, 1.807) is 29.2 Å². The number of nitrogens with zero attached hydrogens (tertiary/aromatic N) is 2. The fourth-order valence-corrected chi connectivity index (χ4v) is 4.31. The zero-order chi connectivity index (χ0) is 23.1. The summed E-state index contributed by atoms with van der Waals surface area (Å²) in [5, 5.41) is 8.05. The fourth-order valence-electron chi connectivity index (χ4n) is 4.18. The van der Waals surface area contributed by atoms with E-state index in [0.29, 0.717) is 22.0 Å². The molecular weight excluding hydrogens is 438 g/mol. The number of fused-ring (bicyclic) bond motifs is 1. The molecule has 1 amide bonds. The maximum Gasteiger partial charge on any atom is 0.337 e. The van der Waals surface area contributed by atoms with Gasteiger partial charge in [0.2, 0.25) is 0 Å². The van der Waals surface area contributed by atoms with Gasteiger partial charge in [0.1, 0.15) is 5.69 Å². The minimum atomic E-state index is -0.425. The number of hydrogen-bond acceptors (Lipinski definition) is 4. The number of carbonyl (C=O) groups is 2. The van der Waals surface area contributed by atoms with Crippen molar-refractivity contribution in [3.05, 3.63) is 106 Å². The molecule has 0 saturated carbocycles. The molecule has 1 aliphatic rings. The second kappa shape index (κ2) is 8.22. The smallest absolute Gasteiger partial charge is 0.337 e. The molecule has 0 spiro atoms. The average Bonchev–Trinajstić information content (AvgIpc) is 3.39. The average molecular weight is 458 g/mol. The Morgan fingerprint density at radius 3 is 2.30 bits per heavy atom. The number of benzene rings is 3. The van der Waals surface area contributed by atoms with Crippen molar-refractivity contribution in [3.63, 3.8) is 0 Å². The first-order valence-corrected chi connectivity index (χ1v) is 10.8. The van der Waals surface area contributed by atoms with Crippen LogP contribution in [0.2, 0.25) is 5.02 Å². The van der Waals surface area contributed by atoms with E-state index < -0.39 is 12.0 Å². The molecule has 0 unspecified atom stereocenters. The van der Waals surface area contributed by atoms with Crippen LogP contribution in [0.5, 0.6) is 0 Å². The lowest BCUT2D eigenvalue weighted by Gasteiger charge is -2.26. The van der Waals surface area contributed by atoms with Crippen LogP contribution in [0.25, 0.3) is 11.3 Å². The first-order valence-electron chi connectivity index (χ1n) is 10.4. The van der Waals surface area contributed by atoms with E-state index in [4.69, 9.17) is 16.3 Å². The fraction of sp³-hybridized carbons (Fsp3) is 0.115. The van der Waals surface area contributed by atoms with Crippen LogP contribution in [-0.2, 0) is 4.74 Å². The number of carbonyl (C=O) groups excluding carboxylic acids is 2. The highest BCUT2D eigenvalue weighted by Crippen LogP contribution is 2.45. The summed E-state index contributed by atoms with van der Waals surface area (Å²) in [6, 6.07) is 21.9. The molecule has 1 aromatic heterocycles. The molecule has 164 valence electrons. The second-order valence-corrected chi connectivity index (χ2v) is 8.33. The van der Waals surface area contributed by atoms with Gasteiger partial charge in [-0.1, -0.05) is 53.6 Å². The van der Waals surface area contributed by atoms with Crippen LogP contribution in [0.4, 0.5) is 5.69 Å². The van der Waals surface area contributed by atoms with E-state index in [1.807, 2.05) is 55.5 Å². The van der Waals surface area contributed by atoms with Crippen molar-refractivity contribution in [1.29, 1.82) is 0 Å². The molecule has 6 nitrogen and oxygen atoms in total. The number of aromatic amines is 1. The number of hydrogen-bond donors (Lipinski definition) is 1. The molecule has 0 bridgehead atoms. The summed E-state index contributed by atoms with van der Waals surface area (Å²) in [4.78, 5) is 27.2. The highest BCUT2D eigenvalue weighted by atomic mass is 35.5. The molecule has 3 aromatic carbocycles. The van der Waals surface area contributed by atoms with E-state index in [2.05, 4.69) is 10.2 Å². The van der Waals surface area contributed by atoms with Crippen molar-refractivity contribution in [2.45, 2.75) is 13.0 Å². The van der Waals surface area contributed by atoms with E-state index in [0.717, 1.165) is 27.9 Å². The Bertz CT molecular complexity index is 1340. The largest absolute Gasteiger partial charge is 0.465 e. The molecule has 0 saturated heterocycles. The minimum absolute atomic E-state index is 0.163. The summed E-state index contributed by atoms with van der Waals surface area (Å²) in [6.07, 6.45) is 0. The molecular formula is C26H20ClN3O3. The first-order chi connectivity index (χ1) is 16.0. The summed E-state index contributed by atoms with van der Waals surface area (Å²) in [5.74, 6) is -0.575. The Morgan fingerprint density at radius 2 is 1.67 bits per heavy atom. The standard InChI is InChI=1S/C26H20ClN3O3/c1-15-3-13-20(14-4-15)30-24(17-5-7-18(8-6-17)26(32)33-2)21-22(28-29-23(21)25(30)31)16-9-11-19(27)12-10-16/h3-14,24H,1-2H3,(H,28,29)/t24-/m1/s1. The summed E-state index contributed by atoms with van der Waals surface area (Å²) >= 11 is 6.08. The third kappa shape index (κ3) is 3.58. The minimum Gasteiger partial charge on any atom is -0.465 e. The van der Waals surface area contributed by atoms with Crippen LogP contribution in [0.15, 0.2) is 72.8 Å². The number of halogens is 1. The number of nitrogens with one attached hydrogen (secondary N) is 1. The van der Waals surface area contributed by atoms with Crippen molar-refractivity contribution in [1.82, 2.24) is 10.2 Å². The van der Waals surface area contributed by atoms with Gasteiger partial charge in [0.15, 0.2) is 0 Å². The Balaban J connectivity index is 1.68. The van der Waals surface area contributed by atoms with Gasteiger partial charge in [-0.3, -0.25) is 14.8 Å². The molecule has 0 aliphatic carbocycles. The lowest BCUT2D eigenvalue weighted by molar-refractivity contribution is 0.0600. The molecule has 5 rings (SSSR count). The van der Waals surface area contributed by atoms with Gasteiger partial charge in [-0.05, 0) is 48.9 Å². The van der Waals surface area contributed by atoms with Crippen LogP contribution >= 0.6 is 11.6 Å². The van der Waals surface area contributed by atoms with Crippen molar-refractivity contribution in [2.75, 3.05) is 12.0 Å². The normalized spacial score (nSPS) is 14.9. The summed E-state index contributed by atoms with van der Waals surface area (Å²) in [7, 11) is 1.35. The number of aromatic nitrogens is 2. The Kier molecular flexibility index (Phi) is 5.23. The molecule has 2 heterocycles. The van der Waals surface area contributed by atoms with E-state index >= 15 is 0 Å². The second-order valence-electron chi connectivity index (χ2n) is 7.89. The van der Waals surface area contributed by atoms with Crippen LogP contribution in [-0.4, -0.2) is 29.2 Å². The Morgan fingerprint density at radius 1 is 1.00 bits per heavy atom. The van der Waals surface area contributed by atoms with E-state index in [1.165, 1.54) is 7.11 Å². The number of aryl methyl sites for hydroxylation is 1. The number of anilines is 1. The SMILES string of the molecule is COC(=O)c1ccc([C@@H]2c3c(-c4ccc(Cl)cc4)n[nH]c3C(=O)N2c2ccc(C)cc2)cc1. The summed E-state index contributed by atoms with van der Waals surface area (Å²) in [5.41, 5.74) is 5.95. The van der Waals surface area contributed by atoms with Gasteiger partial charge in [-0.25, -0.2) is 4.79 Å². The maximum absolute atomic E-state index is 13.5. The predicted octanol–water partition coefficient (Wildman–Crippen LogP) is 5.57. The Hall–Kier alpha value is -3.90. The first kappa shape index (κ1) is 21.0. The highest BCUT2D eigenvalue weighted by Gasteiger charge is 2.43. The van der Waals surface area contributed by atoms with Gasteiger partial charge in [-0.2, -0.15) is 5.10 Å². The molecule has 1 atom stereocenters. The molecule has 1 N–H and O–H groups in total. The number of ether oxygens (including phenoxy) is 1. The van der Waals surface area contributed by atoms with E-state index in [9.17, 15) is 9.59 Å². The lowest BCUT2D eigenvalue weighted by atomic mass is 9.95. The Labute approximate surface area is 195 Å². The third-order valence-electron chi connectivity index (χ3n) is 5.85. The van der Waals surface area contributed by atoms with Crippen molar-refractivity contribution < 1.29 is 14.3 Å². The van der Waals surface area contributed by atoms with Crippen molar-refractivity contribution in [3.8, 4) is 11.3 Å². The van der Waals surface area contributed by atoms with Crippen LogP contribution in [0.1, 0.15) is 43.6 Å². The summed E-state index contributed by atoms with van der Waals surface area (Å²) in [6.45, 7) is 2.00. The summed E-state index contributed by atoms with van der Waals surface area (Å²) < 4.78 is 4.82. The van der Waals surface area contributed by atoms with Crippen LogP contribution in [0.3, 0.4) is 0 Å². The molecule has 1 aliphatic heterocycles. The van der Waals surface area contributed by atoms with Gasteiger partial charge >= 0.3 is 5.97 Å². The number of methoxy groups -OCH3 is 1. The highest BCUT2D eigenvalue weighted by molar-refractivity contribution is 6.30. The van der Waals surface area contributed by atoms with Crippen LogP contribution in [0, 0.1) is 6.92 Å². The molecule has 7 heteroatoms. The number of amides is 1. The van der Waals surface area contributed by atoms with Crippen molar-refractivity contribution in [2.24, 2.45) is 0 Å². The van der Waals surface area contributed by atoms with Crippen LogP contribution < -0.4 is 4.90 Å². The molecule has 0 radical (unpaired) electrons. The number of rotatable bonds is 4. The topological polar surface area (TPSA) is 75.3 Å². The number of H-pyrrole nitrogens is 1. The molecule has 0 fully saturated rings. The maximum atomic E-state index is 13.5. The lowest BCUT2D eigenvalue weighted by Crippen LogP contribution is -2.29. The monoisotopic (exact) mass is 457 g/mol. The quantitative estimate of drug-likeness (QED) is 0.406. The zero-order valence-electron chi connectivity index (χ0n) is 18.0. The molecule has 33 heavy (non-hydrogen) atoms. The van der Waals surface area contributed by atoms with Gasteiger partial charge in [0, 0.05) is 21.8 Å². The van der Waals surface area contributed by atoms with Gasteiger partial charge in [-0.15, -0.1) is 0 Å². The number of esters is 1. The van der Waals surface area contributed by atoms with E-state index in [-0.39, 0.29) is 5.91 Å². The van der Waals surface area contributed by atoms with Gasteiger partial charge < -0.3 is 4.74 Å². The van der Waals surface area contributed by atoms with Crippen molar-refractivity contribution >= 4 is 29.2 Å². The van der Waals surface area contributed by atoms with Gasteiger partial charge in [0.25, 0.3) is 5.91 Å². The van der Waals surface area contributed by atoms with Gasteiger partial charge in [0.05, 0.1) is 24.4 Å². The molecule has 4 aromatic rings. The zero-order valence-corrected chi connectivity index (χ0v) is 18.8. The third-order valence-corrected chi connectivity index (χ3v) is 6.10. The predicted molar refractivity (Wildman–Crippen MR) is 127 cm³/mol.